The second kappa shape index (κ2) is 8.19. The molecule has 1 aliphatic rings. The molecule has 1 heterocycles. The highest BCUT2D eigenvalue weighted by atomic mass is 32.2. The maximum Gasteiger partial charge on any atom is 0.534 e. The van der Waals surface area contributed by atoms with Crippen LogP contribution in [0.15, 0.2) is 24.8 Å². The molecule has 0 bridgehead atoms. The molecule has 9 nitrogen and oxygen atoms in total. The third-order valence-corrected chi connectivity index (χ3v) is 4.64. The summed E-state index contributed by atoms with van der Waals surface area (Å²) in [6.07, 6.45) is 0.384. The van der Waals surface area contributed by atoms with Crippen LogP contribution in [-0.2, 0) is 19.6 Å². The van der Waals surface area contributed by atoms with Crippen LogP contribution >= 0.6 is 0 Å². The maximum atomic E-state index is 12.9. The molecule has 2 rings (SSSR count). The van der Waals surface area contributed by atoms with E-state index in [9.17, 15) is 31.2 Å². The van der Waals surface area contributed by atoms with Crippen LogP contribution < -0.4 is 13.8 Å². The van der Waals surface area contributed by atoms with E-state index >= 15 is 0 Å². The maximum absolute atomic E-state index is 12.9. The third kappa shape index (κ3) is 5.64. The highest BCUT2D eigenvalue weighted by Gasteiger charge is 2.50. The Morgan fingerprint density at radius 2 is 1.81 bits per heavy atom. The Balaban J connectivity index is 2.70. The first kappa shape index (κ1) is 25.3. The van der Waals surface area contributed by atoms with E-state index in [1.54, 1.807) is 20.8 Å². The number of cyclic esters (lactones) is 1. The van der Waals surface area contributed by atoms with Crippen LogP contribution in [0.4, 0.5) is 23.7 Å². The van der Waals surface area contributed by atoms with Crippen molar-refractivity contribution < 1.29 is 49.6 Å². The Kier molecular flexibility index (Phi) is 6.47. The summed E-state index contributed by atoms with van der Waals surface area (Å²) in [5, 5.41) is 0. The first-order valence-electron chi connectivity index (χ1n) is 9.09. The smallest absolute Gasteiger partial charge is 0.452 e. The van der Waals surface area contributed by atoms with Crippen molar-refractivity contribution in [3.63, 3.8) is 0 Å². The molecule has 32 heavy (non-hydrogen) atoms. The number of fused-ring (bicyclic) bond motifs is 1. The average Bonchev–Trinajstić information content (AvgIpc) is 2.54. The topological polar surface area (TPSA) is 108 Å². The number of alkyl halides is 3. The number of amides is 1. The van der Waals surface area contributed by atoms with Gasteiger partial charge in [-0.05, 0) is 20.8 Å². The van der Waals surface area contributed by atoms with E-state index in [4.69, 9.17) is 14.2 Å². The summed E-state index contributed by atoms with van der Waals surface area (Å²) >= 11 is 0. The summed E-state index contributed by atoms with van der Waals surface area (Å²) in [7, 11) is -6.16. The SMILES string of the molecule is C=CCN(C(=O)OC(C)(C)C)c1cc2c(c(OS(=O)(=O)C(F)(F)F)c1)C(=O)OC(C)(C)O2. The monoisotopic (exact) mass is 481 g/mol. The lowest BCUT2D eigenvalue weighted by molar-refractivity contribution is -0.127. The van der Waals surface area contributed by atoms with Gasteiger partial charge >= 0.3 is 27.7 Å². The zero-order valence-electron chi connectivity index (χ0n) is 17.9. The summed E-state index contributed by atoms with van der Waals surface area (Å²) in [4.78, 5) is 26.0. The van der Waals surface area contributed by atoms with Gasteiger partial charge in [0.2, 0.25) is 5.79 Å². The van der Waals surface area contributed by atoms with Gasteiger partial charge < -0.3 is 18.4 Å². The van der Waals surface area contributed by atoms with Crippen molar-refractivity contribution >= 4 is 27.9 Å². The number of esters is 1. The summed E-state index contributed by atoms with van der Waals surface area (Å²) in [6.45, 7) is 10.8. The fourth-order valence-electron chi connectivity index (χ4n) is 2.54. The molecule has 0 unspecified atom stereocenters. The van der Waals surface area contributed by atoms with Gasteiger partial charge in [-0.15, -0.1) is 6.58 Å². The lowest BCUT2D eigenvalue weighted by atomic mass is 10.1. The van der Waals surface area contributed by atoms with Crippen molar-refractivity contribution in [2.24, 2.45) is 0 Å². The molecule has 1 aromatic carbocycles. The van der Waals surface area contributed by atoms with Crippen molar-refractivity contribution in [3.05, 3.63) is 30.4 Å². The quantitative estimate of drug-likeness (QED) is 0.267. The number of rotatable bonds is 5. The minimum absolute atomic E-state index is 0.171. The molecular weight excluding hydrogens is 459 g/mol. The molecule has 0 saturated heterocycles. The van der Waals surface area contributed by atoms with E-state index in [0.717, 1.165) is 17.0 Å². The normalized spacial score (nSPS) is 15.7. The molecule has 0 aromatic heterocycles. The second-order valence-corrected chi connectivity index (χ2v) is 9.61. The van der Waals surface area contributed by atoms with E-state index in [0.29, 0.717) is 0 Å². The zero-order valence-corrected chi connectivity index (χ0v) is 18.7. The van der Waals surface area contributed by atoms with E-state index in [2.05, 4.69) is 10.8 Å². The molecule has 0 atom stereocenters. The minimum Gasteiger partial charge on any atom is -0.452 e. The van der Waals surface area contributed by atoms with Crippen LogP contribution in [0, 0.1) is 0 Å². The number of hydrogen-bond donors (Lipinski definition) is 0. The molecular formula is C19H22F3NO8S. The third-order valence-electron chi connectivity index (χ3n) is 3.67. The predicted octanol–water partition coefficient (Wildman–Crippen LogP) is 4.13. The number of halogens is 3. The number of carbonyl (C=O) groups is 2. The summed E-state index contributed by atoms with van der Waals surface area (Å²) in [5.74, 6) is -4.10. The second-order valence-electron chi connectivity index (χ2n) is 8.07. The molecule has 1 amide bonds. The number of benzene rings is 1. The minimum atomic E-state index is -6.16. The Bertz CT molecular complexity index is 1040. The number of carbonyl (C=O) groups excluding carboxylic acids is 2. The molecule has 0 saturated carbocycles. The van der Waals surface area contributed by atoms with Gasteiger partial charge in [0.25, 0.3) is 0 Å². The van der Waals surface area contributed by atoms with Crippen LogP contribution in [0.25, 0.3) is 0 Å². The zero-order chi connectivity index (χ0) is 24.7. The first-order chi connectivity index (χ1) is 14.4. The van der Waals surface area contributed by atoms with Gasteiger partial charge in [-0.2, -0.15) is 21.6 Å². The van der Waals surface area contributed by atoms with Gasteiger partial charge in [-0.1, -0.05) is 6.08 Å². The van der Waals surface area contributed by atoms with Gasteiger partial charge in [-0.3, -0.25) is 4.90 Å². The van der Waals surface area contributed by atoms with Crippen LogP contribution in [0.1, 0.15) is 45.0 Å². The molecule has 178 valence electrons. The molecule has 0 N–H and O–H groups in total. The molecule has 1 aromatic rings. The molecule has 0 aliphatic carbocycles. The molecule has 0 fully saturated rings. The highest BCUT2D eigenvalue weighted by Crippen LogP contribution is 2.42. The Labute approximate surface area is 182 Å². The van der Waals surface area contributed by atoms with Crippen molar-refractivity contribution in [3.8, 4) is 11.5 Å². The summed E-state index contributed by atoms with van der Waals surface area (Å²) in [5.41, 5.74) is -7.56. The Morgan fingerprint density at radius 1 is 1.22 bits per heavy atom. The largest absolute Gasteiger partial charge is 0.534 e. The molecule has 1 aliphatic heterocycles. The van der Waals surface area contributed by atoms with Gasteiger partial charge in [0.1, 0.15) is 16.9 Å². The molecule has 0 spiro atoms. The number of nitrogens with zero attached hydrogens (tertiary/aromatic N) is 1. The molecule has 0 radical (unpaired) electrons. The van der Waals surface area contributed by atoms with Crippen molar-refractivity contribution in [1.82, 2.24) is 0 Å². The summed E-state index contributed by atoms with van der Waals surface area (Å²) < 4.78 is 81.9. The Hall–Kier alpha value is -2.96. The van der Waals surface area contributed by atoms with E-state index < -0.39 is 50.4 Å². The number of anilines is 1. The first-order valence-corrected chi connectivity index (χ1v) is 10.5. The van der Waals surface area contributed by atoms with Gasteiger partial charge in [0.05, 0.1) is 5.69 Å². The standard InChI is InChI=1S/C19H22F3NO8S/c1-7-8-23(16(25)30-17(2,3)4)11-9-12-14(15(24)29-18(5,6)28-12)13(10-11)31-32(26,27)19(20,21)22/h7,9-10H,1,8H2,2-6H3. The fourth-order valence-corrected chi connectivity index (χ4v) is 3.00. The fraction of sp³-hybridized carbons (Fsp3) is 0.474. The van der Waals surface area contributed by atoms with Crippen molar-refractivity contribution in [2.75, 3.05) is 11.4 Å². The summed E-state index contributed by atoms with van der Waals surface area (Å²) in [6, 6.07) is 1.91. The van der Waals surface area contributed by atoms with Crippen molar-refractivity contribution in [1.29, 1.82) is 0 Å². The van der Waals surface area contributed by atoms with E-state index in [-0.39, 0.29) is 18.0 Å². The van der Waals surface area contributed by atoms with Crippen molar-refractivity contribution in [2.45, 2.75) is 51.5 Å². The lowest BCUT2D eigenvalue weighted by Crippen LogP contribution is -2.40. The highest BCUT2D eigenvalue weighted by molar-refractivity contribution is 7.88. The van der Waals surface area contributed by atoms with Gasteiger partial charge in [-0.25, -0.2) is 9.59 Å². The number of ether oxygens (including phenoxy) is 3. The van der Waals surface area contributed by atoms with E-state index in [1.807, 2.05) is 0 Å². The van der Waals surface area contributed by atoms with Crippen LogP contribution in [0.3, 0.4) is 0 Å². The number of hydrogen-bond acceptors (Lipinski definition) is 8. The van der Waals surface area contributed by atoms with Crippen LogP contribution in [0.2, 0.25) is 0 Å². The van der Waals surface area contributed by atoms with Gasteiger partial charge in [0.15, 0.2) is 5.75 Å². The lowest BCUT2D eigenvalue weighted by Gasteiger charge is -2.33. The molecule has 13 heteroatoms. The predicted molar refractivity (Wildman–Crippen MR) is 106 cm³/mol. The van der Waals surface area contributed by atoms with Gasteiger partial charge in [0, 0.05) is 32.5 Å². The van der Waals surface area contributed by atoms with E-state index in [1.165, 1.54) is 19.9 Å². The Morgan fingerprint density at radius 3 is 2.31 bits per heavy atom. The van der Waals surface area contributed by atoms with Crippen LogP contribution in [0.5, 0.6) is 11.5 Å². The average molecular weight is 481 g/mol. The van der Waals surface area contributed by atoms with Crippen LogP contribution in [-0.4, -0.2) is 43.9 Å².